The molecule has 0 radical (unpaired) electrons. The molecule has 4 heteroatoms. The largest absolute Gasteiger partial charge is 0.352 e. The van der Waals surface area contributed by atoms with E-state index in [0.29, 0.717) is 12.1 Å². The number of carbonyl (C=O) groups is 1. The fraction of sp³-hybridized carbons (Fsp3) is 0.571. The molecule has 1 aliphatic carbocycles. The van der Waals surface area contributed by atoms with Crippen LogP contribution in [0.5, 0.6) is 0 Å². The molecular weight excluding hydrogens is 228 g/mol. The van der Waals surface area contributed by atoms with Crippen LogP contribution < -0.4 is 10.9 Å². The highest BCUT2D eigenvalue weighted by Crippen LogP contribution is 2.23. The molecule has 1 aromatic rings. The summed E-state index contributed by atoms with van der Waals surface area (Å²) in [5.41, 5.74) is 0.602. The van der Waals surface area contributed by atoms with Crippen molar-refractivity contribution in [1.82, 2.24) is 9.88 Å². The predicted octanol–water partition coefficient (Wildman–Crippen LogP) is 1.58. The second-order valence-electron chi connectivity index (χ2n) is 5.00. The van der Waals surface area contributed by atoms with Crippen LogP contribution in [-0.4, -0.2) is 10.5 Å². The van der Waals surface area contributed by atoms with Crippen molar-refractivity contribution < 1.29 is 4.79 Å². The van der Waals surface area contributed by atoms with Crippen molar-refractivity contribution in [2.24, 2.45) is 13.0 Å². The lowest BCUT2D eigenvalue weighted by Crippen LogP contribution is -2.33. The number of aryl methyl sites for hydroxylation is 1. The SMILES string of the molecule is Cn1cccc(CNC(=O)C2CCCCC2)c1=O. The van der Waals surface area contributed by atoms with Gasteiger partial charge in [-0.3, -0.25) is 9.59 Å². The molecule has 4 nitrogen and oxygen atoms in total. The highest BCUT2D eigenvalue weighted by Gasteiger charge is 2.20. The van der Waals surface area contributed by atoms with E-state index < -0.39 is 0 Å². The first-order chi connectivity index (χ1) is 8.68. The number of rotatable bonds is 3. The summed E-state index contributed by atoms with van der Waals surface area (Å²) >= 11 is 0. The van der Waals surface area contributed by atoms with E-state index in [2.05, 4.69) is 5.32 Å². The zero-order chi connectivity index (χ0) is 13.0. The number of aromatic nitrogens is 1. The van der Waals surface area contributed by atoms with E-state index in [-0.39, 0.29) is 17.4 Å². The molecule has 0 unspecified atom stereocenters. The minimum Gasteiger partial charge on any atom is -0.352 e. The summed E-state index contributed by atoms with van der Waals surface area (Å²) in [6.07, 6.45) is 7.21. The highest BCUT2D eigenvalue weighted by molar-refractivity contribution is 5.78. The molecular formula is C14H20N2O2. The molecule has 0 aromatic carbocycles. The molecule has 1 aromatic heterocycles. The second-order valence-corrected chi connectivity index (χ2v) is 5.00. The number of hydrogen-bond acceptors (Lipinski definition) is 2. The Morgan fingerprint density at radius 3 is 2.83 bits per heavy atom. The Kier molecular flexibility index (Phi) is 4.18. The van der Waals surface area contributed by atoms with Crippen LogP contribution in [0.15, 0.2) is 23.1 Å². The van der Waals surface area contributed by atoms with E-state index in [4.69, 9.17) is 0 Å². The number of pyridine rings is 1. The van der Waals surface area contributed by atoms with Crippen LogP contribution in [0.1, 0.15) is 37.7 Å². The summed E-state index contributed by atoms with van der Waals surface area (Å²) in [5.74, 6) is 0.243. The normalized spacial score (nSPS) is 16.5. The molecule has 1 amide bonds. The van der Waals surface area contributed by atoms with Crippen molar-refractivity contribution in [3.05, 3.63) is 34.2 Å². The molecule has 2 rings (SSSR count). The molecule has 1 fully saturated rings. The summed E-state index contributed by atoms with van der Waals surface area (Å²) in [6.45, 7) is 0.336. The van der Waals surface area contributed by atoms with Crippen LogP contribution >= 0.6 is 0 Å². The van der Waals surface area contributed by atoms with Crippen molar-refractivity contribution in [1.29, 1.82) is 0 Å². The Morgan fingerprint density at radius 2 is 2.11 bits per heavy atom. The zero-order valence-electron chi connectivity index (χ0n) is 10.8. The molecule has 0 aliphatic heterocycles. The Bertz CT molecular complexity index is 473. The van der Waals surface area contributed by atoms with E-state index >= 15 is 0 Å². The zero-order valence-corrected chi connectivity index (χ0v) is 10.8. The number of amides is 1. The lowest BCUT2D eigenvalue weighted by atomic mass is 9.88. The lowest BCUT2D eigenvalue weighted by Gasteiger charge is -2.20. The lowest BCUT2D eigenvalue weighted by molar-refractivity contribution is -0.126. The number of nitrogens with one attached hydrogen (secondary N) is 1. The molecule has 18 heavy (non-hydrogen) atoms. The number of carbonyl (C=O) groups excluding carboxylic acids is 1. The van der Waals surface area contributed by atoms with E-state index in [1.165, 1.54) is 11.0 Å². The molecule has 0 saturated heterocycles. The van der Waals surface area contributed by atoms with Gasteiger partial charge in [0.25, 0.3) is 5.56 Å². The Hall–Kier alpha value is -1.58. The Labute approximate surface area is 107 Å². The van der Waals surface area contributed by atoms with Gasteiger partial charge in [0.15, 0.2) is 0 Å². The van der Waals surface area contributed by atoms with Crippen LogP contribution in [0, 0.1) is 5.92 Å². The maximum atomic E-state index is 11.9. The summed E-state index contributed by atoms with van der Waals surface area (Å²) in [5, 5.41) is 2.88. The minimum absolute atomic E-state index is 0.0403. The molecule has 0 bridgehead atoms. The molecule has 0 spiro atoms. The van der Waals surface area contributed by atoms with Gasteiger partial charge in [0.2, 0.25) is 5.91 Å². The van der Waals surface area contributed by atoms with Gasteiger partial charge in [0.1, 0.15) is 0 Å². The van der Waals surface area contributed by atoms with Crippen molar-refractivity contribution >= 4 is 5.91 Å². The highest BCUT2D eigenvalue weighted by atomic mass is 16.2. The molecule has 1 heterocycles. The van der Waals surface area contributed by atoms with Crippen molar-refractivity contribution in [2.45, 2.75) is 38.6 Å². The van der Waals surface area contributed by atoms with Gasteiger partial charge >= 0.3 is 0 Å². The summed E-state index contributed by atoms with van der Waals surface area (Å²) < 4.78 is 1.53. The van der Waals surface area contributed by atoms with Crippen LogP contribution in [0.4, 0.5) is 0 Å². The third-order valence-corrected chi connectivity index (χ3v) is 3.63. The smallest absolute Gasteiger partial charge is 0.255 e. The van der Waals surface area contributed by atoms with Crippen molar-refractivity contribution in [3.63, 3.8) is 0 Å². The predicted molar refractivity (Wildman–Crippen MR) is 70.1 cm³/mol. The van der Waals surface area contributed by atoms with Crippen molar-refractivity contribution in [3.8, 4) is 0 Å². The maximum absolute atomic E-state index is 11.9. The van der Waals surface area contributed by atoms with E-state index in [1.807, 2.05) is 6.07 Å². The van der Waals surface area contributed by atoms with E-state index in [9.17, 15) is 9.59 Å². The molecule has 0 atom stereocenters. The average Bonchev–Trinajstić information content (AvgIpc) is 2.41. The van der Waals surface area contributed by atoms with Gasteiger partial charge in [0, 0.05) is 31.3 Å². The summed E-state index contributed by atoms with van der Waals surface area (Å²) in [7, 11) is 1.72. The summed E-state index contributed by atoms with van der Waals surface area (Å²) in [6, 6.07) is 3.59. The quantitative estimate of drug-likeness (QED) is 0.883. The molecule has 98 valence electrons. The standard InChI is InChI=1S/C14H20N2O2/c1-16-9-5-8-12(14(16)18)10-15-13(17)11-6-3-2-4-7-11/h5,8-9,11H,2-4,6-7,10H2,1H3,(H,15,17). The number of nitrogens with zero attached hydrogens (tertiary/aromatic N) is 1. The van der Waals surface area contributed by atoms with Crippen LogP contribution in [-0.2, 0) is 18.4 Å². The first-order valence-electron chi connectivity index (χ1n) is 6.60. The van der Waals surface area contributed by atoms with Gasteiger partial charge < -0.3 is 9.88 Å². The fourth-order valence-electron chi connectivity index (χ4n) is 2.48. The topological polar surface area (TPSA) is 51.1 Å². The van der Waals surface area contributed by atoms with Gasteiger partial charge in [-0.05, 0) is 18.9 Å². The van der Waals surface area contributed by atoms with Gasteiger partial charge in [0.05, 0.1) is 0 Å². The van der Waals surface area contributed by atoms with E-state index in [0.717, 1.165) is 25.7 Å². The van der Waals surface area contributed by atoms with Crippen molar-refractivity contribution in [2.75, 3.05) is 0 Å². The molecule has 1 saturated carbocycles. The Morgan fingerprint density at radius 1 is 1.39 bits per heavy atom. The molecule has 1 aliphatic rings. The molecule has 1 N–H and O–H groups in total. The second kappa shape index (κ2) is 5.85. The third kappa shape index (κ3) is 3.00. The van der Waals surface area contributed by atoms with Crippen LogP contribution in [0.3, 0.4) is 0 Å². The van der Waals surface area contributed by atoms with Crippen LogP contribution in [0.25, 0.3) is 0 Å². The first-order valence-corrected chi connectivity index (χ1v) is 6.60. The minimum atomic E-state index is -0.0403. The average molecular weight is 248 g/mol. The first kappa shape index (κ1) is 12.9. The summed E-state index contributed by atoms with van der Waals surface area (Å²) in [4.78, 5) is 23.7. The van der Waals surface area contributed by atoms with Gasteiger partial charge in [-0.2, -0.15) is 0 Å². The third-order valence-electron chi connectivity index (χ3n) is 3.63. The van der Waals surface area contributed by atoms with E-state index in [1.54, 1.807) is 19.3 Å². The monoisotopic (exact) mass is 248 g/mol. The number of hydrogen-bond donors (Lipinski definition) is 1. The maximum Gasteiger partial charge on any atom is 0.255 e. The fourth-order valence-corrected chi connectivity index (χ4v) is 2.48. The van der Waals surface area contributed by atoms with Gasteiger partial charge in [-0.15, -0.1) is 0 Å². The van der Waals surface area contributed by atoms with Gasteiger partial charge in [-0.1, -0.05) is 25.3 Å². The van der Waals surface area contributed by atoms with Gasteiger partial charge in [-0.25, -0.2) is 0 Å². The Balaban J connectivity index is 1.92. The van der Waals surface area contributed by atoms with Crippen LogP contribution in [0.2, 0.25) is 0 Å².